The van der Waals surface area contributed by atoms with Crippen LogP contribution < -0.4 is 4.90 Å². The normalized spacial score (nSPS) is 16.8. The summed E-state index contributed by atoms with van der Waals surface area (Å²) in [4.78, 5) is 27.0. The molecule has 0 fully saturated rings. The van der Waals surface area contributed by atoms with Crippen LogP contribution >= 0.6 is 0 Å². The van der Waals surface area contributed by atoms with Crippen molar-refractivity contribution >= 4 is 27.5 Å². The molecule has 32 heavy (non-hydrogen) atoms. The first kappa shape index (κ1) is 23.7. The van der Waals surface area contributed by atoms with Crippen molar-refractivity contribution in [2.75, 3.05) is 25.1 Å². The molecular formula is C23H28N2O6S. The van der Waals surface area contributed by atoms with Crippen LogP contribution in [0.4, 0.5) is 5.69 Å². The van der Waals surface area contributed by atoms with Crippen molar-refractivity contribution in [3.05, 3.63) is 54.1 Å². The highest BCUT2D eigenvalue weighted by atomic mass is 32.2. The Bertz CT molecular complexity index is 1070. The molecular weight excluding hydrogens is 432 g/mol. The number of hydrogen-bond acceptors (Lipinski definition) is 7. The highest BCUT2D eigenvalue weighted by Gasteiger charge is 2.41. The Morgan fingerprint density at radius 1 is 1.12 bits per heavy atom. The van der Waals surface area contributed by atoms with Crippen molar-refractivity contribution in [1.82, 2.24) is 4.31 Å². The number of methoxy groups -OCH3 is 1. The summed E-state index contributed by atoms with van der Waals surface area (Å²) in [6, 6.07) is 11.2. The fraction of sp³-hybridized carbons (Fsp3) is 0.391. The zero-order valence-corrected chi connectivity index (χ0v) is 19.0. The predicted octanol–water partition coefficient (Wildman–Crippen LogP) is 2.70. The molecule has 0 aliphatic carbocycles. The van der Waals surface area contributed by atoms with Gasteiger partial charge in [0.05, 0.1) is 18.6 Å². The van der Waals surface area contributed by atoms with Crippen LogP contribution in [0.15, 0.2) is 53.4 Å². The monoisotopic (exact) mass is 460 g/mol. The van der Waals surface area contributed by atoms with Gasteiger partial charge in [0.2, 0.25) is 10.0 Å². The number of ketones is 1. The maximum atomic E-state index is 13.5. The molecule has 0 saturated carbocycles. The molecule has 1 atom stereocenters. The maximum Gasteiger partial charge on any atom is 0.326 e. The topological polar surface area (TPSA) is 104 Å². The van der Waals surface area contributed by atoms with E-state index < -0.39 is 22.0 Å². The van der Waals surface area contributed by atoms with Gasteiger partial charge in [0, 0.05) is 25.2 Å². The first-order valence-electron chi connectivity index (χ1n) is 10.5. The molecule has 1 aliphatic heterocycles. The number of hydrogen-bond donors (Lipinski definition) is 1. The summed E-state index contributed by atoms with van der Waals surface area (Å²) >= 11 is 0. The number of nitrogens with zero attached hydrogens (tertiary/aromatic N) is 2. The van der Waals surface area contributed by atoms with Gasteiger partial charge in [-0.2, -0.15) is 4.31 Å². The average Bonchev–Trinajstić information content (AvgIpc) is 2.95. The van der Waals surface area contributed by atoms with E-state index in [0.717, 1.165) is 22.8 Å². The first-order chi connectivity index (χ1) is 15.3. The minimum atomic E-state index is -4.11. The standard InChI is InChI=1S/C23H28N2O6S/c1-3-4-8-19(27)15-24-16-22(23(28)31-2)25(14-17-7-5-6-9-21(17)24)32(29,30)20-12-10-18(26)11-13-20/h5-7,9-13,22,26H,3-4,8,14-16H2,1-2H3. The van der Waals surface area contributed by atoms with Crippen molar-refractivity contribution in [3.8, 4) is 5.75 Å². The smallest absolute Gasteiger partial charge is 0.326 e. The van der Waals surface area contributed by atoms with Gasteiger partial charge in [0.15, 0.2) is 5.78 Å². The summed E-state index contributed by atoms with van der Waals surface area (Å²) in [5.41, 5.74) is 1.40. The number of sulfonamides is 1. The van der Waals surface area contributed by atoms with Gasteiger partial charge in [0.1, 0.15) is 11.8 Å². The number of carbonyl (C=O) groups is 2. The van der Waals surface area contributed by atoms with Gasteiger partial charge >= 0.3 is 5.97 Å². The van der Waals surface area contributed by atoms with E-state index >= 15 is 0 Å². The maximum absolute atomic E-state index is 13.5. The molecule has 0 spiro atoms. The van der Waals surface area contributed by atoms with Gasteiger partial charge in [-0.05, 0) is 42.3 Å². The third-order valence-electron chi connectivity index (χ3n) is 5.49. The molecule has 0 saturated heterocycles. The molecule has 0 bridgehead atoms. The third kappa shape index (κ3) is 5.11. The largest absolute Gasteiger partial charge is 0.508 e. The number of ether oxygens (including phenoxy) is 1. The first-order valence-corrected chi connectivity index (χ1v) is 11.9. The molecule has 1 heterocycles. The van der Waals surface area contributed by atoms with Gasteiger partial charge < -0.3 is 14.7 Å². The third-order valence-corrected chi connectivity index (χ3v) is 7.36. The Kier molecular flexibility index (Phi) is 7.52. The van der Waals surface area contributed by atoms with Crippen LogP contribution in [0.5, 0.6) is 5.75 Å². The van der Waals surface area contributed by atoms with Gasteiger partial charge in [-0.25, -0.2) is 8.42 Å². The van der Waals surface area contributed by atoms with Crippen LogP contribution in [-0.4, -0.2) is 55.8 Å². The number of anilines is 1. The second kappa shape index (κ2) is 10.1. The molecule has 0 radical (unpaired) electrons. The molecule has 9 heteroatoms. The SMILES string of the molecule is CCCCC(=O)CN1CC(C(=O)OC)N(S(=O)(=O)c2ccc(O)cc2)Cc2ccccc21. The number of esters is 1. The highest BCUT2D eigenvalue weighted by Crippen LogP contribution is 2.32. The Morgan fingerprint density at radius 2 is 1.81 bits per heavy atom. The average molecular weight is 461 g/mol. The van der Waals surface area contributed by atoms with Crippen LogP contribution in [-0.2, 0) is 30.9 Å². The molecule has 3 rings (SSSR count). The number of phenols is 1. The number of carbonyl (C=O) groups excluding carboxylic acids is 2. The number of aromatic hydroxyl groups is 1. The van der Waals surface area contributed by atoms with Crippen molar-refractivity contribution < 1.29 is 27.9 Å². The van der Waals surface area contributed by atoms with Gasteiger partial charge in [-0.3, -0.25) is 9.59 Å². The van der Waals surface area contributed by atoms with E-state index in [4.69, 9.17) is 4.74 Å². The fourth-order valence-electron chi connectivity index (χ4n) is 3.78. The minimum Gasteiger partial charge on any atom is -0.508 e. The van der Waals surface area contributed by atoms with E-state index in [1.54, 1.807) is 17.0 Å². The van der Waals surface area contributed by atoms with Crippen molar-refractivity contribution in [3.63, 3.8) is 0 Å². The Morgan fingerprint density at radius 3 is 2.47 bits per heavy atom. The van der Waals surface area contributed by atoms with Crippen LogP contribution in [0.25, 0.3) is 0 Å². The summed E-state index contributed by atoms with van der Waals surface area (Å²) < 4.78 is 33.1. The van der Waals surface area contributed by atoms with Gasteiger partial charge in [-0.15, -0.1) is 0 Å². The number of unbranched alkanes of at least 4 members (excludes halogenated alkanes) is 1. The zero-order valence-electron chi connectivity index (χ0n) is 18.2. The van der Waals surface area contributed by atoms with Crippen LogP contribution in [0, 0.1) is 0 Å². The summed E-state index contributed by atoms with van der Waals surface area (Å²) in [5, 5.41) is 9.55. The lowest BCUT2D eigenvalue weighted by molar-refractivity contribution is -0.145. The molecule has 0 aromatic heterocycles. The number of Topliss-reactive ketones (excluding diaryl/α,β-unsaturated/α-hetero) is 1. The molecule has 8 nitrogen and oxygen atoms in total. The molecule has 1 N–H and O–H groups in total. The van der Waals surface area contributed by atoms with E-state index in [0.29, 0.717) is 12.0 Å². The number of rotatable bonds is 8. The van der Waals surface area contributed by atoms with E-state index in [1.165, 1.54) is 31.4 Å². The summed E-state index contributed by atoms with van der Waals surface area (Å²) in [6.07, 6.45) is 2.09. The molecule has 1 unspecified atom stereocenters. The fourth-order valence-corrected chi connectivity index (χ4v) is 5.33. The predicted molar refractivity (Wildman–Crippen MR) is 120 cm³/mol. The lowest BCUT2D eigenvalue weighted by Crippen LogP contribution is -2.50. The van der Waals surface area contributed by atoms with Crippen LogP contribution in [0.3, 0.4) is 0 Å². The van der Waals surface area contributed by atoms with E-state index in [-0.39, 0.29) is 36.1 Å². The number of benzene rings is 2. The molecule has 0 amide bonds. The highest BCUT2D eigenvalue weighted by molar-refractivity contribution is 7.89. The van der Waals surface area contributed by atoms with E-state index in [2.05, 4.69) is 0 Å². The number of fused-ring (bicyclic) bond motifs is 1. The van der Waals surface area contributed by atoms with Gasteiger partial charge in [0.25, 0.3) is 0 Å². The second-order valence-electron chi connectivity index (χ2n) is 7.73. The second-order valence-corrected chi connectivity index (χ2v) is 9.63. The lowest BCUT2D eigenvalue weighted by atomic mass is 10.1. The summed E-state index contributed by atoms with van der Waals surface area (Å²) in [5.74, 6) is -0.738. The lowest BCUT2D eigenvalue weighted by Gasteiger charge is -2.30. The number of para-hydroxylation sites is 1. The molecule has 172 valence electrons. The molecule has 2 aromatic carbocycles. The van der Waals surface area contributed by atoms with Gasteiger partial charge in [-0.1, -0.05) is 31.5 Å². The molecule has 2 aromatic rings. The minimum absolute atomic E-state index is 0.0150. The van der Waals surface area contributed by atoms with Crippen LogP contribution in [0.1, 0.15) is 31.7 Å². The summed E-state index contributed by atoms with van der Waals surface area (Å²) in [7, 11) is -2.89. The van der Waals surface area contributed by atoms with Crippen LogP contribution in [0.2, 0.25) is 0 Å². The molecule has 1 aliphatic rings. The van der Waals surface area contributed by atoms with Crippen molar-refractivity contribution in [2.45, 2.75) is 43.7 Å². The van der Waals surface area contributed by atoms with Crippen molar-refractivity contribution in [1.29, 1.82) is 0 Å². The Hall–Kier alpha value is -2.91. The Labute approximate surface area is 188 Å². The zero-order chi connectivity index (χ0) is 23.3. The summed E-state index contributed by atoms with van der Waals surface area (Å²) in [6.45, 7) is 2.02. The van der Waals surface area contributed by atoms with Crippen molar-refractivity contribution in [2.24, 2.45) is 0 Å². The van der Waals surface area contributed by atoms with E-state index in [1.807, 2.05) is 19.1 Å². The van der Waals surface area contributed by atoms with E-state index in [9.17, 15) is 23.1 Å². The quantitative estimate of drug-likeness (QED) is 0.604. The Balaban J connectivity index is 2.04. The number of phenolic OH excluding ortho intramolecular Hbond substituents is 1.